The lowest BCUT2D eigenvalue weighted by Crippen LogP contribution is -2.27. The van der Waals surface area contributed by atoms with Gasteiger partial charge in [0.1, 0.15) is 11.4 Å². The van der Waals surface area contributed by atoms with Gasteiger partial charge in [-0.15, -0.1) is 0 Å². The zero-order valence-corrected chi connectivity index (χ0v) is 25.0. The molecule has 0 aliphatic carbocycles. The molecule has 1 saturated heterocycles. The van der Waals surface area contributed by atoms with Gasteiger partial charge < -0.3 is 18.9 Å². The Hall–Kier alpha value is -4.48. The highest BCUT2D eigenvalue weighted by molar-refractivity contribution is 5.74. The fraction of sp³-hybridized carbons (Fsp3) is 0.406. The SMILES string of the molecule is CCOC(=O)[C@H]1CN(c2nccc(C(F)(F)F)n2)C[C@H]1Cc1ccc(OCc2nc(-c3ccc(C(C)(C)C)cc3)no2)cc1. The van der Waals surface area contributed by atoms with E-state index in [4.69, 9.17) is 14.0 Å². The number of carbonyl (C=O) groups is 1. The van der Waals surface area contributed by atoms with Gasteiger partial charge in [-0.25, -0.2) is 9.97 Å². The minimum Gasteiger partial charge on any atom is -0.484 e. The third kappa shape index (κ3) is 7.35. The second-order valence-electron chi connectivity index (χ2n) is 11.7. The minimum absolute atomic E-state index is 0.0473. The first-order valence-corrected chi connectivity index (χ1v) is 14.4. The molecule has 5 rings (SSSR count). The summed E-state index contributed by atoms with van der Waals surface area (Å²) in [5.74, 6) is 0.201. The number of hydrogen-bond acceptors (Lipinski definition) is 9. The highest BCUT2D eigenvalue weighted by atomic mass is 19.4. The van der Waals surface area contributed by atoms with Crippen molar-refractivity contribution in [2.24, 2.45) is 11.8 Å². The van der Waals surface area contributed by atoms with E-state index in [-0.39, 0.29) is 37.0 Å². The van der Waals surface area contributed by atoms with Gasteiger partial charge in [-0.1, -0.05) is 62.3 Å². The number of aromatic nitrogens is 4. The Labute approximate surface area is 253 Å². The molecule has 44 heavy (non-hydrogen) atoms. The average molecular weight is 610 g/mol. The summed E-state index contributed by atoms with van der Waals surface area (Å²) in [7, 11) is 0. The van der Waals surface area contributed by atoms with Crippen molar-refractivity contribution in [3.05, 3.63) is 83.5 Å². The van der Waals surface area contributed by atoms with Crippen LogP contribution >= 0.6 is 0 Å². The van der Waals surface area contributed by atoms with E-state index in [1.165, 1.54) is 5.56 Å². The lowest BCUT2D eigenvalue weighted by atomic mass is 9.87. The zero-order valence-electron chi connectivity index (χ0n) is 25.0. The normalized spacial score (nSPS) is 17.1. The average Bonchev–Trinajstić information content (AvgIpc) is 3.64. The molecule has 12 heteroatoms. The van der Waals surface area contributed by atoms with Crippen LogP contribution < -0.4 is 9.64 Å². The van der Waals surface area contributed by atoms with E-state index in [1.54, 1.807) is 24.0 Å². The highest BCUT2D eigenvalue weighted by Gasteiger charge is 2.40. The maximum absolute atomic E-state index is 13.2. The van der Waals surface area contributed by atoms with Crippen LogP contribution in [-0.2, 0) is 34.2 Å². The second kappa shape index (κ2) is 12.6. The molecule has 0 bridgehead atoms. The largest absolute Gasteiger partial charge is 0.484 e. The van der Waals surface area contributed by atoms with Crippen LogP contribution in [0.1, 0.15) is 50.4 Å². The Morgan fingerprint density at radius 3 is 2.39 bits per heavy atom. The Bertz CT molecular complexity index is 1570. The molecule has 0 N–H and O–H groups in total. The third-order valence-electron chi connectivity index (χ3n) is 7.51. The molecule has 1 aliphatic rings. The van der Waals surface area contributed by atoms with Gasteiger partial charge in [0, 0.05) is 24.8 Å². The summed E-state index contributed by atoms with van der Waals surface area (Å²) in [6.45, 7) is 8.95. The summed E-state index contributed by atoms with van der Waals surface area (Å²) >= 11 is 0. The van der Waals surface area contributed by atoms with Gasteiger partial charge >= 0.3 is 12.1 Å². The van der Waals surface area contributed by atoms with E-state index >= 15 is 0 Å². The number of carbonyl (C=O) groups excluding carboxylic acids is 1. The molecule has 0 amide bonds. The summed E-state index contributed by atoms with van der Waals surface area (Å²) in [6, 6.07) is 16.3. The second-order valence-corrected chi connectivity index (χ2v) is 11.7. The molecule has 2 aromatic heterocycles. The Kier molecular flexibility index (Phi) is 8.89. The van der Waals surface area contributed by atoms with Crippen LogP contribution in [0.4, 0.5) is 19.1 Å². The van der Waals surface area contributed by atoms with Crippen LogP contribution in [0.3, 0.4) is 0 Å². The van der Waals surface area contributed by atoms with Crippen LogP contribution in [0.5, 0.6) is 5.75 Å². The van der Waals surface area contributed by atoms with E-state index in [9.17, 15) is 18.0 Å². The zero-order chi connectivity index (χ0) is 31.5. The smallest absolute Gasteiger partial charge is 0.433 e. The summed E-state index contributed by atoms with van der Waals surface area (Å²) in [4.78, 5) is 26.5. The number of nitrogens with zero attached hydrogens (tertiary/aromatic N) is 5. The molecule has 1 fully saturated rings. The van der Waals surface area contributed by atoms with E-state index in [2.05, 4.69) is 53.0 Å². The predicted octanol–water partition coefficient (Wildman–Crippen LogP) is 6.28. The molecular weight excluding hydrogens is 575 g/mol. The van der Waals surface area contributed by atoms with Crippen molar-refractivity contribution in [1.29, 1.82) is 0 Å². The van der Waals surface area contributed by atoms with Gasteiger partial charge in [0.05, 0.1) is 12.5 Å². The number of ether oxygens (including phenoxy) is 2. The van der Waals surface area contributed by atoms with Gasteiger partial charge in [0.25, 0.3) is 5.89 Å². The van der Waals surface area contributed by atoms with E-state index in [0.717, 1.165) is 23.4 Å². The molecular formula is C32H34F3N5O4. The van der Waals surface area contributed by atoms with Crippen LogP contribution in [0.15, 0.2) is 65.3 Å². The lowest BCUT2D eigenvalue weighted by Gasteiger charge is -2.18. The van der Waals surface area contributed by atoms with Crippen molar-refractivity contribution >= 4 is 11.9 Å². The van der Waals surface area contributed by atoms with Crippen molar-refractivity contribution in [2.75, 3.05) is 24.6 Å². The van der Waals surface area contributed by atoms with Crippen molar-refractivity contribution in [3.63, 3.8) is 0 Å². The summed E-state index contributed by atoms with van der Waals surface area (Å²) in [5.41, 5.74) is 2.01. The molecule has 9 nitrogen and oxygen atoms in total. The number of alkyl halides is 3. The molecule has 1 aliphatic heterocycles. The molecule has 0 spiro atoms. The van der Waals surface area contributed by atoms with Crippen molar-refractivity contribution in [1.82, 2.24) is 20.1 Å². The first-order valence-electron chi connectivity index (χ1n) is 14.4. The monoisotopic (exact) mass is 609 g/mol. The quantitative estimate of drug-likeness (QED) is 0.203. The topological polar surface area (TPSA) is 103 Å². The van der Waals surface area contributed by atoms with Crippen LogP contribution in [-0.4, -0.2) is 45.8 Å². The highest BCUT2D eigenvalue weighted by Crippen LogP contribution is 2.33. The van der Waals surface area contributed by atoms with E-state index in [1.807, 2.05) is 24.3 Å². The summed E-state index contributed by atoms with van der Waals surface area (Å²) < 4.78 is 56.1. The van der Waals surface area contributed by atoms with Gasteiger partial charge in [0.2, 0.25) is 11.8 Å². The fourth-order valence-corrected chi connectivity index (χ4v) is 5.14. The standard InChI is InChI=1S/C32H34F3N5O4/c1-5-42-29(41)25-18-40(30-36-15-14-26(37-30)32(33,34)35)17-22(25)16-20-6-12-24(13-7-20)43-19-27-38-28(39-44-27)21-8-10-23(11-9-21)31(2,3)4/h6-15,22,25H,5,16-19H2,1-4H3/t22-,25+/m1/s1. The molecule has 3 heterocycles. The van der Waals surface area contributed by atoms with Crippen molar-refractivity contribution in [3.8, 4) is 17.1 Å². The Balaban J connectivity index is 1.21. The van der Waals surface area contributed by atoms with Gasteiger partial charge in [-0.3, -0.25) is 4.79 Å². The number of halogens is 3. The predicted molar refractivity (Wildman–Crippen MR) is 156 cm³/mol. The van der Waals surface area contributed by atoms with Gasteiger partial charge in [-0.2, -0.15) is 18.2 Å². The van der Waals surface area contributed by atoms with Crippen LogP contribution in [0.2, 0.25) is 0 Å². The molecule has 232 valence electrons. The lowest BCUT2D eigenvalue weighted by molar-refractivity contribution is -0.148. The number of benzene rings is 2. The summed E-state index contributed by atoms with van der Waals surface area (Å²) in [6.07, 6.45) is -3.01. The minimum atomic E-state index is -4.59. The van der Waals surface area contributed by atoms with E-state index in [0.29, 0.717) is 30.4 Å². The molecule has 0 unspecified atom stereocenters. The first-order chi connectivity index (χ1) is 20.9. The number of anilines is 1. The van der Waals surface area contributed by atoms with Crippen LogP contribution in [0.25, 0.3) is 11.4 Å². The molecule has 0 radical (unpaired) electrons. The molecule has 2 atom stereocenters. The first kappa shape index (κ1) is 31.0. The Morgan fingerprint density at radius 2 is 1.73 bits per heavy atom. The van der Waals surface area contributed by atoms with Gasteiger partial charge in [0.15, 0.2) is 6.61 Å². The Morgan fingerprint density at radius 1 is 1.00 bits per heavy atom. The molecule has 4 aromatic rings. The van der Waals surface area contributed by atoms with Gasteiger partial charge in [-0.05, 0) is 54.0 Å². The molecule has 2 aromatic carbocycles. The third-order valence-corrected chi connectivity index (χ3v) is 7.51. The number of esters is 1. The summed E-state index contributed by atoms with van der Waals surface area (Å²) in [5, 5.41) is 4.07. The van der Waals surface area contributed by atoms with Crippen LogP contribution in [0, 0.1) is 11.8 Å². The van der Waals surface area contributed by atoms with Crippen molar-refractivity contribution in [2.45, 2.75) is 52.3 Å². The van der Waals surface area contributed by atoms with Crippen molar-refractivity contribution < 1.29 is 32.0 Å². The number of hydrogen-bond donors (Lipinski definition) is 0. The fourth-order valence-electron chi connectivity index (χ4n) is 5.14. The van der Waals surface area contributed by atoms with E-state index < -0.39 is 23.8 Å². The maximum Gasteiger partial charge on any atom is 0.433 e. The molecule has 0 saturated carbocycles. The number of rotatable bonds is 9. The maximum atomic E-state index is 13.2.